The van der Waals surface area contributed by atoms with Crippen LogP contribution in [0, 0.1) is 11.7 Å². The van der Waals surface area contributed by atoms with E-state index in [1.165, 1.54) is 12.1 Å². The zero-order valence-corrected chi connectivity index (χ0v) is 22.4. The summed E-state index contributed by atoms with van der Waals surface area (Å²) in [5, 5.41) is 2.51. The Hall–Kier alpha value is -3.98. The summed E-state index contributed by atoms with van der Waals surface area (Å²) in [4.78, 5) is 20.7. The van der Waals surface area contributed by atoms with Crippen LogP contribution in [0.25, 0.3) is 11.9 Å². The topological polar surface area (TPSA) is 72.8 Å². The first-order valence-corrected chi connectivity index (χ1v) is 13.4. The molecule has 1 fully saturated rings. The van der Waals surface area contributed by atoms with Crippen LogP contribution in [0.2, 0.25) is 0 Å². The number of thioether (sulfide) groups is 1. The zero-order chi connectivity index (χ0) is 31.0. The Kier molecular flexibility index (Phi) is 8.22. The lowest BCUT2D eigenvalue weighted by Crippen LogP contribution is -2.47. The minimum absolute atomic E-state index is 0.00167. The summed E-state index contributed by atoms with van der Waals surface area (Å²) in [5.74, 6) is -4.85. The van der Waals surface area contributed by atoms with Crippen molar-refractivity contribution in [1.82, 2.24) is 10.3 Å². The molecular weight excluding hydrogens is 610 g/mol. The van der Waals surface area contributed by atoms with Crippen LogP contribution >= 0.6 is 11.8 Å². The summed E-state index contributed by atoms with van der Waals surface area (Å²) in [7, 11) is 0. The van der Waals surface area contributed by atoms with E-state index in [1.54, 1.807) is 18.2 Å². The van der Waals surface area contributed by atoms with Crippen molar-refractivity contribution in [1.29, 1.82) is 0 Å². The van der Waals surface area contributed by atoms with E-state index in [0.717, 1.165) is 48.2 Å². The van der Waals surface area contributed by atoms with E-state index >= 15 is 8.78 Å². The molecule has 43 heavy (non-hydrogen) atoms. The van der Waals surface area contributed by atoms with Crippen molar-refractivity contribution in [2.24, 2.45) is 10.9 Å². The predicted molar refractivity (Wildman–Crippen MR) is 141 cm³/mol. The quantitative estimate of drug-likeness (QED) is 0.311. The molecule has 0 spiro atoms. The SMILES string of the molecule is O=C(NC1=N[C@@]2(c3cc(/C=C(\F)c4ccc(OC(F)(F)F)cn4)ccc3F)CO[C@H](C(F)(F)F)[C@H]2CS1)c1ccccc1. The van der Waals surface area contributed by atoms with E-state index in [0.29, 0.717) is 6.20 Å². The number of amidine groups is 1. The van der Waals surface area contributed by atoms with Crippen LogP contribution in [0.1, 0.15) is 27.2 Å². The molecule has 0 saturated carbocycles. The van der Waals surface area contributed by atoms with Gasteiger partial charge >= 0.3 is 12.5 Å². The molecule has 1 amide bonds. The first-order chi connectivity index (χ1) is 20.2. The highest BCUT2D eigenvalue weighted by molar-refractivity contribution is 8.13. The van der Waals surface area contributed by atoms with Gasteiger partial charge < -0.3 is 14.8 Å². The highest BCUT2D eigenvalue weighted by Gasteiger charge is 2.62. The molecule has 0 bridgehead atoms. The van der Waals surface area contributed by atoms with Crippen LogP contribution < -0.4 is 10.1 Å². The molecule has 3 heterocycles. The Labute approximate surface area is 242 Å². The van der Waals surface area contributed by atoms with Crippen LogP contribution in [-0.2, 0) is 10.3 Å². The molecule has 3 atom stereocenters. The Morgan fingerprint density at radius 1 is 1.07 bits per heavy atom. The fraction of sp³-hybridized carbons (Fsp3) is 0.250. The number of pyridine rings is 1. The van der Waals surface area contributed by atoms with E-state index in [-0.39, 0.29) is 33.3 Å². The minimum Gasteiger partial charge on any atom is -0.404 e. The van der Waals surface area contributed by atoms with Crippen LogP contribution in [0.5, 0.6) is 5.75 Å². The van der Waals surface area contributed by atoms with Crippen molar-refractivity contribution in [3.05, 3.63) is 95.1 Å². The molecule has 3 aromatic rings. The molecule has 2 aliphatic heterocycles. The van der Waals surface area contributed by atoms with Crippen LogP contribution in [0.3, 0.4) is 0 Å². The standard InChI is InChI=1S/C28H19F8N3O3S/c29-20-8-6-15(11-21(30)22-9-7-17(12-37-22)42-28(34,35)36)10-18(20)26-14-41-23(27(31,32)33)19(26)13-43-25(39-26)38-24(40)16-4-2-1-3-5-16/h1-12,19,23H,13-14H2,(H,38,39,40)/b21-11-/t19-,23+,26-/m1/s1. The Morgan fingerprint density at radius 3 is 2.47 bits per heavy atom. The molecule has 1 saturated heterocycles. The number of carbonyl (C=O) groups excluding carboxylic acids is 1. The molecule has 1 N–H and O–H groups in total. The fourth-order valence-electron chi connectivity index (χ4n) is 4.80. The van der Waals surface area contributed by atoms with Crippen molar-refractivity contribution in [3.8, 4) is 5.75 Å². The van der Waals surface area contributed by atoms with Crippen LogP contribution in [-0.4, -0.2) is 47.1 Å². The first kappa shape index (κ1) is 30.5. The van der Waals surface area contributed by atoms with Crippen molar-refractivity contribution < 1.29 is 49.4 Å². The van der Waals surface area contributed by atoms with Gasteiger partial charge in [0.25, 0.3) is 5.91 Å². The second-order valence-corrected chi connectivity index (χ2v) is 10.5. The maximum atomic E-state index is 15.4. The normalized spacial score (nSPS) is 22.5. The number of aromatic nitrogens is 1. The summed E-state index contributed by atoms with van der Waals surface area (Å²) < 4.78 is 118. The summed E-state index contributed by atoms with van der Waals surface area (Å²) in [6, 6.07) is 12.9. The molecule has 5 rings (SSSR count). The van der Waals surface area contributed by atoms with Crippen molar-refractivity contribution >= 4 is 34.7 Å². The molecule has 0 aliphatic carbocycles. The average molecular weight is 630 g/mol. The number of fused-ring (bicyclic) bond motifs is 1. The highest BCUT2D eigenvalue weighted by atomic mass is 32.2. The predicted octanol–water partition coefficient (Wildman–Crippen LogP) is 6.89. The van der Waals surface area contributed by atoms with Crippen LogP contribution in [0.4, 0.5) is 35.1 Å². The lowest BCUT2D eigenvalue weighted by atomic mass is 9.78. The van der Waals surface area contributed by atoms with Gasteiger partial charge in [-0.25, -0.2) is 18.8 Å². The van der Waals surface area contributed by atoms with E-state index in [2.05, 4.69) is 20.0 Å². The molecule has 2 aliphatic rings. The highest BCUT2D eigenvalue weighted by Crippen LogP contribution is 2.52. The number of amides is 1. The maximum absolute atomic E-state index is 15.4. The Morgan fingerprint density at radius 2 is 1.81 bits per heavy atom. The minimum atomic E-state index is -4.97. The van der Waals surface area contributed by atoms with Gasteiger partial charge in [-0.15, -0.1) is 13.2 Å². The number of rotatable bonds is 5. The lowest BCUT2D eigenvalue weighted by Gasteiger charge is -2.37. The molecule has 226 valence electrons. The number of carbonyl (C=O) groups is 1. The number of benzene rings is 2. The number of hydrogen-bond donors (Lipinski definition) is 1. The lowest BCUT2D eigenvalue weighted by molar-refractivity contribution is -0.274. The van der Waals surface area contributed by atoms with Crippen molar-refractivity contribution in [2.75, 3.05) is 12.4 Å². The number of aliphatic imine (C=N–C) groups is 1. The van der Waals surface area contributed by atoms with E-state index in [1.807, 2.05) is 0 Å². The summed E-state index contributed by atoms with van der Waals surface area (Å²) >= 11 is 0.853. The molecule has 2 aromatic carbocycles. The number of nitrogens with zero attached hydrogens (tertiary/aromatic N) is 2. The second kappa shape index (κ2) is 11.6. The smallest absolute Gasteiger partial charge is 0.404 e. The van der Waals surface area contributed by atoms with Gasteiger partial charge in [0.15, 0.2) is 11.3 Å². The largest absolute Gasteiger partial charge is 0.573 e. The van der Waals surface area contributed by atoms with E-state index in [4.69, 9.17) is 4.74 Å². The van der Waals surface area contributed by atoms with Gasteiger partial charge in [0.1, 0.15) is 22.9 Å². The number of ether oxygens (including phenoxy) is 2. The van der Waals surface area contributed by atoms with E-state index in [9.17, 15) is 31.1 Å². The molecule has 6 nitrogen and oxygen atoms in total. The third-order valence-corrected chi connectivity index (χ3v) is 7.70. The molecular formula is C28H19F8N3O3S. The third kappa shape index (κ3) is 6.67. The fourth-order valence-corrected chi connectivity index (χ4v) is 5.98. The van der Waals surface area contributed by atoms with E-state index < -0.39 is 60.0 Å². The Balaban J connectivity index is 1.50. The average Bonchev–Trinajstić information content (AvgIpc) is 3.34. The number of halogens is 8. The van der Waals surface area contributed by atoms with Crippen LogP contribution in [0.15, 0.2) is 71.9 Å². The van der Waals surface area contributed by atoms with Crippen molar-refractivity contribution in [2.45, 2.75) is 24.2 Å². The number of alkyl halides is 6. The van der Waals surface area contributed by atoms with Crippen molar-refractivity contribution in [3.63, 3.8) is 0 Å². The second-order valence-electron chi connectivity index (χ2n) is 9.51. The summed E-state index contributed by atoms with van der Waals surface area (Å²) in [5.41, 5.74) is -2.36. The zero-order valence-electron chi connectivity index (χ0n) is 21.5. The van der Waals surface area contributed by atoms with Gasteiger partial charge in [-0.3, -0.25) is 4.79 Å². The molecule has 0 radical (unpaired) electrons. The van der Waals surface area contributed by atoms with Gasteiger partial charge in [0, 0.05) is 22.8 Å². The summed E-state index contributed by atoms with van der Waals surface area (Å²) in [6.07, 6.45) is -10.5. The van der Waals surface area contributed by atoms with Gasteiger partial charge in [-0.1, -0.05) is 36.0 Å². The molecule has 1 aromatic heterocycles. The third-order valence-electron chi connectivity index (χ3n) is 6.71. The number of nitrogens with one attached hydrogen (secondary N) is 1. The first-order valence-electron chi connectivity index (χ1n) is 12.4. The van der Waals surface area contributed by atoms with Gasteiger partial charge in [0.2, 0.25) is 0 Å². The maximum Gasteiger partial charge on any atom is 0.573 e. The molecule has 0 unspecified atom stereocenters. The van der Waals surface area contributed by atoms with Gasteiger partial charge in [0.05, 0.1) is 18.5 Å². The van der Waals surface area contributed by atoms with Gasteiger partial charge in [-0.05, 0) is 48.0 Å². The molecule has 15 heteroatoms. The number of hydrogen-bond acceptors (Lipinski definition) is 6. The van der Waals surface area contributed by atoms with Gasteiger partial charge in [-0.2, -0.15) is 13.2 Å². The Bertz CT molecular complexity index is 1560. The monoisotopic (exact) mass is 629 g/mol. The summed E-state index contributed by atoms with van der Waals surface area (Å²) in [6.45, 7) is -0.679.